The number of hydrogen-bond donors (Lipinski definition) is 1. The van der Waals surface area contributed by atoms with Crippen LogP contribution < -0.4 is 0 Å². The molecule has 21 heavy (non-hydrogen) atoms. The Morgan fingerprint density at radius 3 is 3.10 bits per heavy atom. The summed E-state index contributed by atoms with van der Waals surface area (Å²) >= 11 is 0. The van der Waals surface area contributed by atoms with Crippen molar-refractivity contribution in [3.8, 4) is 11.3 Å². The van der Waals surface area contributed by atoms with E-state index < -0.39 is 0 Å². The van der Waals surface area contributed by atoms with Gasteiger partial charge in [-0.15, -0.1) is 0 Å². The molecule has 1 atom stereocenters. The van der Waals surface area contributed by atoms with Crippen molar-refractivity contribution in [3.05, 3.63) is 42.2 Å². The van der Waals surface area contributed by atoms with E-state index in [1.54, 1.807) is 18.3 Å². The summed E-state index contributed by atoms with van der Waals surface area (Å²) in [6.07, 6.45) is 4.92. The van der Waals surface area contributed by atoms with Gasteiger partial charge in [0.25, 0.3) is 0 Å². The fraction of sp³-hybridized carbons (Fsp3) is 0.438. The first-order valence-electron chi connectivity index (χ1n) is 7.32. The summed E-state index contributed by atoms with van der Waals surface area (Å²) in [4.78, 5) is 6.47. The highest BCUT2D eigenvalue weighted by Gasteiger charge is 2.23. The van der Waals surface area contributed by atoms with Crippen molar-refractivity contribution in [1.29, 1.82) is 0 Å². The van der Waals surface area contributed by atoms with Gasteiger partial charge in [-0.3, -0.25) is 4.90 Å². The molecule has 0 aliphatic carbocycles. The number of aliphatic hydroxyl groups excluding tert-OH is 1. The second-order valence-electron chi connectivity index (χ2n) is 5.43. The van der Waals surface area contributed by atoms with E-state index in [0.717, 1.165) is 25.8 Å². The van der Waals surface area contributed by atoms with E-state index in [1.165, 1.54) is 12.1 Å². The second kappa shape index (κ2) is 6.37. The number of benzene rings is 1. The van der Waals surface area contributed by atoms with Crippen LogP contribution in [-0.2, 0) is 6.54 Å². The third-order valence-corrected chi connectivity index (χ3v) is 3.96. The van der Waals surface area contributed by atoms with Gasteiger partial charge in [0, 0.05) is 11.6 Å². The van der Waals surface area contributed by atoms with Gasteiger partial charge in [0.1, 0.15) is 5.82 Å². The number of oxazole rings is 1. The molecular formula is C16H19FN2O2. The molecule has 1 N–H and O–H groups in total. The van der Waals surface area contributed by atoms with Gasteiger partial charge in [0.05, 0.1) is 19.3 Å². The van der Waals surface area contributed by atoms with Crippen molar-refractivity contribution in [2.45, 2.75) is 31.8 Å². The molecule has 0 spiro atoms. The lowest BCUT2D eigenvalue weighted by Crippen LogP contribution is -2.41. The van der Waals surface area contributed by atoms with Crippen molar-refractivity contribution < 1.29 is 13.9 Å². The number of aromatic nitrogens is 1. The summed E-state index contributed by atoms with van der Waals surface area (Å²) in [6, 6.07) is 6.47. The van der Waals surface area contributed by atoms with Crippen LogP contribution in [0.15, 0.2) is 34.9 Å². The maximum atomic E-state index is 13.2. The molecule has 1 saturated heterocycles. The monoisotopic (exact) mass is 290 g/mol. The molecule has 3 rings (SSSR count). The summed E-state index contributed by atoms with van der Waals surface area (Å²) < 4.78 is 19.0. The second-order valence-corrected chi connectivity index (χ2v) is 5.43. The Morgan fingerprint density at radius 1 is 1.38 bits per heavy atom. The van der Waals surface area contributed by atoms with Crippen molar-refractivity contribution in [3.63, 3.8) is 0 Å². The van der Waals surface area contributed by atoms with Crippen molar-refractivity contribution in [2.24, 2.45) is 0 Å². The third kappa shape index (κ3) is 3.31. The van der Waals surface area contributed by atoms with Crippen LogP contribution in [0.2, 0.25) is 0 Å². The van der Waals surface area contributed by atoms with Gasteiger partial charge in [-0.2, -0.15) is 0 Å². The third-order valence-electron chi connectivity index (χ3n) is 3.96. The molecule has 1 aromatic carbocycles. The first kappa shape index (κ1) is 14.2. The molecule has 112 valence electrons. The Kier molecular flexibility index (Phi) is 4.31. The first-order valence-corrected chi connectivity index (χ1v) is 7.32. The van der Waals surface area contributed by atoms with E-state index in [-0.39, 0.29) is 18.5 Å². The van der Waals surface area contributed by atoms with Gasteiger partial charge < -0.3 is 9.52 Å². The van der Waals surface area contributed by atoms with Gasteiger partial charge in [-0.05, 0) is 31.5 Å². The molecule has 1 fully saturated rings. The molecule has 5 heteroatoms. The van der Waals surface area contributed by atoms with Crippen LogP contribution in [0.5, 0.6) is 0 Å². The van der Waals surface area contributed by atoms with Gasteiger partial charge in [0.15, 0.2) is 5.76 Å². The molecule has 0 bridgehead atoms. The van der Waals surface area contributed by atoms with E-state index in [4.69, 9.17) is 4.42 Å². The van der Waals surface area contributed by atoms with Crippen LogP contribution in [0.3, 0.4) is 0 Å². The van der Waals surface area contributed by atoms with E-state index in [1.807, 2.05) is 0 Å². The molecule has 2 heterocycles. The molecule has 0 saturated carbocycles. The van der Waals surface area contributed by atoms with E-state index in [2.05, 4.69) is 9.88 Å². The largest absolute Gasteiger partial charge is 0.439 e. The summed E-state index contributed by atoms with van der Waals surface area (Å²) in [7, 11) is 0. The molecule has 4 nitrogen and oxygen atoms in total. The van der Waals surface area contributed by atoms with Crippen LogP contribution in [0.4, 0.5) is 4.39 Å². The minimum Gasteiger partial charge on any atom is -0.439 e. The van der Waals surface area contributed by atoms with Crippen molar-refractivity contribution >= 4 is 0 Å². The first-order chi connectivity index (χ1) is 10.3. The predicted octanol–water partition coefficient (Wildman–Crippen LogP) is 2.83. The summed E-state index contributed by atoms with van der Waals surface area (Å²) in [6.45, 7) is 1.70. The lowest BCUT2D eigenvalue weighted by atomic mass is 10.0. The van der Waals surface area contributed by atoms with Crippen LogP contribution in [0, 0.1) is 5.82 Å². The SMILES string of the molecule is OCC1CCCCN1Cc1ncc(-c2cccc(F)c2)o1. The molecular weight excluding hydrogens is 271 g/mol. The Balaban J connectivity index is 1.73. The minimum absolute atomic E-state index is 0.164. The quantitative estimate of drug-likeness (QED) is 0.940. The number of piperidine rings is 1. The zero-order chi connectivity index (χ0) is 14.7. The summed E-state index contributed by atoms with van der Waals surface area (Å²) in [5, 5.41) is 9.42. The maximum Gasteiger partial charge on any atom is 0.209 e. The van der Waals surface area contributed by atoms with Crippen molar-refractivity contribution in [2.75, 3.05) is 13.2 Å². The minimum atomic E-state index is -0.290. The Bertz CT molecular complexity index is 599. The average molecular weight is 290 g/mol. The highest BCUT2D eigenvalue weighted by atomic mass is 19.1. The number of aliphatic hydroxyl groups is 1. The fourth-order valence-electron chi connectivity index (χ4n) is 2.81. The Labute approximate surface area is 123 Å². The highest BCUT2D eigenvalue weighted by molar-refractivity contribution is 5.56. The number of rotatable bonds is 4. The van der Waals surface area contributed by atoms with Crippen molar-refractivity contribution in [1.82, 2.24) is 9.88 Å². The molecule has 1 aliphatic rings. The summed E-state index contributed by atoms with van der Waals surface area (Å²) in [5.41, 5.74) is 0.686. The van der Waals surface area contributed by atoms with E-state index >= 15 is 0 Å². The molecule has 0 amide bonds. The molecule has 1 aliphatic heterocycles. The van der Waals surface area contributed by atoms with E-state index in [9.17, 15) is 9.50 Å². The maximum absolute atomic E-state index is 13.2. The van der Waals surface area contributed by atoms with Crippen LogP contribution in [-0.4, -0.2) is 34.2 Å². The number of likely N-dealkylation sites (tertiary alicyclic amines) is 1. The van der Waals surface area contributed by atoms with Gasteiger partial charge in [0.2, 0.25) is 5.89 Å². The topological polar surface area (TPSA) is 49.5 Å². The van der Waals surface area contributed by atoms with Gasteiger partial charge in [-0.25, -0.2) is 9.37 Å². The lowest BCUT2D eigenvalue weighted by molar-refractivity contribution is 0.0770. The van der Waals surface area contributed by atoms with Crippen LogP contribution >= 0.6 is 0 Å². The van der Waals surface area contributed by atoms with Gasteiger partial charge in [-0.1, -0.05) is 18.6 Å². The Morgan fingerprint density at radius 2 is 2.29 bits per heavy atom. The molecule has 0 radical (unpaired) electrons. The predicted molar refractivity (Wildman–Crippen MR) is 77.0 cm³/mol. The normalized spacial score (nSPS) is 19.8. The molecule has 2 aromatic rings. The molecule has 1 unspecified atom stereocenters. The van der Waals surface area contributed by atoms with E-state index in [0.29, 0.717) is 23.8 Å². The van der Waals surface area contributed by atoms with Crippen LogP contribution in [0.1, 0.15) is 25.2 Å². The highest BCUT2D eigenvalue weighted by Crippen LogP contribution is 2.23. The Hall–Kier alpha value is -1.72. The number of halogens is 1. The zero-order valence-corrected chi connectivity index (χ0v) is 11.8. The zero-order valence-electron chi connectivity index (χ0n) is 11.8. The standard InChI is InChI=1S/C16H19FN2O2/c17-13-5-3-4-12(8-13)15-9-18-16(21-15)10-19-7-2-1-6-14(19)11-20/h3-5,8-9,14,20H,1-2,6-7,10-11H2. The van der Waals surface area contributed by atoms with Crippen LogP contribution in [0.25, 0.3) is 11.3 Å². The fourth-order valence-corrected chi connectivity index (χ4v) is 2.81. The average Bonchev–Trinajstić information content (AvgIpc) is 2.96. The van der Waals surface area contributed by atoms with Gasteiger partial charge >= 0.3 is 0 Å². The molecule has 1 aromatic heterocycles. The summed E-state index contributed by atoms with van der Waals surface area (Å²) in [5.74, 6) is 0.887. The number of nitrogens with zero attached hydrogens (tertiary/aromatic N) is 2. The lowest BCUT2D eigenvalue weighted by Gasteiger charge is -2.33. The number of hydrogen-bond acceptors (Lipinski definition) is 4. The smallest absolute Gasteiger partial charge is 0.209 e.